The first-order chi connectivity index (χ1) is 16.0. The van der Waals surface area contributed by atoms with Crippen LogP contribution in [0.3, 0.4) is 0 Å². The predicted molar refractivity (Wildman–Crippen MR) is 131 cm³/mol. The van der Waals surface area contributed by atoms with Gasteiger partial charge >= 0.3 is 0 Å². The molecule has 174 valence electrons. The van der Waals surface area contributed by atoms with Gasteiger partial charge in [-0.3, -0.25) is 9.59 Å². The number of hydrogen-bond acceptors (Lipinski definition) is 2. The fraction of sp³-hybridized carbons (Fsp3) is 0.500. The smallest absolute Gasteiger partial charge is 0.243 e. The van der Waals surface area contributed by atoms with E-state index in [0.717, 1.165) is 55.5 Å². The number of carbonyl (C=O) groups excluding carboxylic acids is 2. The fourth-order valence-electron chi connectivity index (χ4n) is 5.30. The van der Waals surface area contributed by atoms with Gasteiger partial charge in [0.2, 0.25) is 11.8 Å². The molecule has 0 saturated heterocycles. The van der Waals surface area contributed by atoms with Gasteiger partial charge in [0, 0.05) is 23.0 Å². The van der Waals surface area contributed by atoms with Gasteiger partial charge in [0.15, 0.2) is 0 Å². The molecule has 3 aliphatic carbocycles. The van der Waals surface area contributed by atoms with Crippen LogP contribution in [0, 0.1) is 17.8 Å². The van der Waals surface area contributed by atoms with Crippen molar-refractivity contribution in [3.8, 4) is 0 Å². The zero-order valence-corrected chi connectivity index (χ0v) is 20.1. The lowest BCUT2D eigenvalue weighted by Crippen LogP contribution is -2.54. The molecular formula is C28H33ClN2O2. The Morgan fingerprint density at radius 2 is 1.73 bits per heavy atom. The van der Waals surface area contributed by atoms with Crippen molar-refractivity contribution in [3.63, 3.8) is 0 Å². The highest BCUT2D eigenvalue weighted by atomic mass is 35.5. The Balaban J connectivity index is 1.37. The third kappa shape index (κ3) is 5.11. The van der Waals surface area contributed by atoms with Gasteiger partial charge in [0.1, 0.15) is 6.04 Å². The molecule has 3 saturated carbocycles. The van der Waals surface area contributed by atoms with Gasteiger partial charge in [0.05, 0.1) is 0 Å². The lowest BCUT2D eigenvalue weighted by molar-refractivity contribution is -0.143. The number of benzene rings is 2. The van der Waals surface area contributed by atoms with Gasteiger partial charge in [-0.05, 0) is 73.6 Å². The second-order valence-corrected chi connectivity index (χ2v) is 10.7. The molecule has 3 unspecified atom stereocenters. The fourth-order valence-corrected chi connectivity index (χ4v) is 5.42. The Labute approximate surface area is 201 Å². The Morgan fingerprint density at radius 1 is 1.03 bits per heavy atom. The van der Waals surface area contributed by atoms with Crippen molar-refractivity contribution in [2.75, 3.05) is 0 Å². The molecular weight excluding hydrogens is 432 g/mol. The minimum atomic E-state index is -0.376. The van der Waals surface area contributed by atoms with Gasteiger partial charge < -0.3 is 10.2 Å². The maximum absolute atomic E-state index is 13.8. The molecule has 5 rings (SSSR count). The molecule has 1 N–H and O–H groups in total. The van der Waals surface area contributed by atoms with Crippen molar-refractivity contribution < 1.29 is 9.59 Å². The molecule has 0 aliphatic heterocycles. The van der Waals surface area contributed by atoms with E-state index in [9.17, 15) is 9.59 Å². The van der Waals surface area contributed by atoms with E-state index in [0.29, 0.717) is 12.5 Å². The number of hydrogen-bond donors (Lipinski definition) is 1. The first-order valence-electron chi connectivity index (χ1n) is 12.4. The van der Waals surface area contributed by atoms with Crippen LogP contribution in [0.5, 0.6) is 0 Å². The van der Waals surface area contributed by atoms with E-state index in [4.69, 9.17) is 11.6 Å². The SMILES string of the molecule is CCC1CC1(Cc1ccc(Cl)cc1)NC(=O)C(C1CC1)N(Cc1ccccc1)C(=O)C1CC1. The van der Waals surface area contributed by atoms with E-state index in [1.807, 2.05) is 47.4 Å². The summed E-state index contributed by atoms with van der Waals surface area (Å²) in [5.74, 6) is 1.02. The summed E-state index contributed by atoms with van der Waals surface area (Å²) >= 11 is 6.08. The Morgan fingerprint density at radius 3 is 2.30 bits per heavy atom. The average molecular weight is 465 g/mol. The van der Waals surface area contributed by atoms with Gasteiger partial charge in [-0.15, -0.1) is 0 Å². The lowest BCUT2D eigenvalue weighted by atomic mass is 9.99. The second-order valence-electron chi connectivity index (χ2n) is 10.3. The van der Waals surface area contributed by atoms with Crippen molar-refractivity contribution in [2.45, 2.75) is 70.0 Å². The number of amides is 2. The molecule has 2 amide bonds. The Bertz CT molecular complexity index is 1000. The van der Waals surface area contributed by atoms with Crippen molar-refractivity contribution in [1.29, 1.82) is 0 Å². The molecule has 0 radical (unpaired) electrons. The summed E-state index contributed by atoms with van der Waals surface area (Å²) in [4.78, 5) is 29.1. The minimum absolute atomic E-state index is 0.0346. The molecule has 4 nitrogen and oxygen atoms in total. The van der Waals surface area contributed by atoms with Crippen molar-refractivity contribution in [1.82, 2.24) is 10.2 Å². The van der Waals surface area contributed by atoms with Crippen LogP contribution in [0.25, 0.3) is 0 Å². The number of nitrogens with zero attached hydrogens (tertiary/aromatic N) is 1. The van der Waals surface area contributed by atoms with E-state index in [1.165, 1.54) is 5.56 Å². The quantitative estimate of drug-likeness (QED) is 0.512. The minimum Gasteiger partial charge on any atom is -0.348 e. The monoisotopic (exact) mass is 464 g/mol. The molecule has 0 spiro atoms. The predicted octanol–water partition coefficient (Wildman–Crippen LogP) is 5.38. The summed E-state index contributed by atoms with van der Waals surface area (Å²) in [5, 5.41) is 4.19. The zero-order valence-electron chi connectivity index (χ0n) is 19.3. The van der Waals surface area contributed by atoms with Crippen molar-refractivity contribution >= 4 is 23.4 Å². The number of carbonyl (C=O) groups is 2. The number of rotatable bonds is 10. The van der Waals surface area contributed by atoms with Crippen LogP contribution in [0.2, 0.25) is 5.02 Å². The number of nitrogens with one attached hydrogen (secondary N) is 1. The van der Waals surface area contributed by atoms with E-state index < -0.39 is 0 Å². The Kier molecular flexibility index (Phi) is 6.22. The largest absolute Gasteiger partial charge is 0.348 e. The van der Waals surface area contributed by atoms with Gasteiger partial charge in [-0.1, -0.05) is 67.4 Å². The first-order valence-corrected chi connectivity index (χ1v) is 12.8. The highest BCUT2D eigenvalue weighted by Crippen LogP contribution is 2.49. The van der Waals surface area contributed by atoms with Crippen LogP contribution in [-0.4, -0.2) is 28.3 Å². The molecule has 5 heteroatoms. The second kappa shape index (κ2) is 9.13. The average Bonchev–Trinajstić information content (AvgIpc) is 3.67. The number of halogens is 1. The van der Waals surface area contributed by atoms with E-state index in [2.05, 4.69) is 24.4 Å². The first kappa shape index (κ1) is 22.5. The third-order valence-corrected chi connectivity index (χ3v) is 7.86. The zero-order chi connectivity index (χ0) is 23.0. The summed E-state index contributed by atoms with van der Waals surface area (Å²) < 4.78 is 0. The molecule has 3 fully saturated rings. The molecule has 3 atom stereocenters. The summed E-state index contributed by atoms with van der Waals surface area (Å²) in [7, 11) is 0. The third-order valence-electron chi connectivity index (χ3n) is 7.61. The van der Waals surface area contributed by atoms with Gasteiger partial charge in [0.25, 0.3) is 0 Å². The summed E-state index contributed by atoms with van der Waals surface area (Å²) in [6.07, 6.45) is 6.76. The molecule has 0 heterocycles. The van der Waals surface area contributed by atoms with Crippen LogP contribution in [0.15, 0.2) is 54.6 Å². The highest BCUT2D eigenvalue weighted by Gasteiger charge is 2.55. The molecule has 0 aromatic heterocycles. The van der Waals surface area contributed by atoms with Crippen LogP contribution in [0.4, 0.5) is 0 Å². The maximum Gasteiger partial charge on any atom is 0.243 e. The molecule has 2 aromatic carbocycles. The molecule has 3 aliphatic rings. The standard InChI is InChI=1S/C28H33ClN2O2/c1-2-23-17-28(23,16-19-8-14-24(29)15-9-19)30-26(32)25(21-10-11-21)31(27(33)22-12-13-22)18-20-6-4-3-5-7-20/h3-9,14-15,21-23,25H,2,10-13,16-18H2,1H3,(H,30,32). The van der Waals surface area contributed by atoms with E-state index in [-0.39, 0.29) is 35.2 Å². The van der Waals surface area contributed by atoms with Crippen LogP contribution >= 0.6 is 11.6 Å². The van der Waals surface area contributed by atoms with Crippen LogP contribution < -0.4 is 5.32 Å². The van der Waals surface area contributed by atoms with E-state index in [1.54, 1.807) is 0 Å². The van der Waals surface area contributed by atoms with Gasteiger partial charge in [-0.2, -0.15) is 0 Å². The maximum atomic E-state index is 13.8. The van der Waals surface area contributed by atoms with Crippen LogP contribution in [-0.2, 0) is 22.6 Å². The summed E-state index contributed by atoms with van der Waals surface area (Å²) in [6, 6.07) is 17.6. The summed E-state index contributed by atoms with van der Waals surface area (Å²) in [5.41, 5.74) is 2.06. The van der Waals surface area contributed by atoms with Crippen molar-refractivity contribution in [3.05, 3.63) is 70.7 Å². The van der Waals surface area contributed by atoms with E-state index >= 15 is 0 Å². The van der Waals surface area contributed by atoms with Crippen LogP contribution in [0.1, 0.15) is 56.6 Å². The Hall–Kier alpha value is -2.33. The lowest BCUT2D eigenvalue weighted by Gasteiger charge is -2.33. The normalized spacial score (nSPS) is 24.7. The topological polar surface area (TPSA) is 49.4 Å². The molecule has 33 heavy (non-hydrogen) atoms. The molecule has 0 bridgehead atoms. The molecule has 2 aromatic rings. The highest BCUT2D eigenvalue weighted by molar-refractivity contribution is 6.30. The van der Waals surface area contributed by atoms with Crippen molar-refractivity contribution in [2.24, 2.45) is 17.8 Å². The summed E-state index contributed by atoms with van der Waals surface area (Å²) in [6.45, 7) is 2.70. The van der Waals surface area contributed by atoms with Gasteiger partial charge in [-0.25, -0.2) is 0 Å².